The summed E-state index contributed by atoms with van der Waals surface area (Å²) < 4.78 is 14.6. The van der Waals surface area contributed by atoms with Gasteiger partial charge in [0.2, 0.25) is 0 Å². The molecule has 1 amide bonds. The molecule has 0 aromatic heterocycles. The van der Waals surface area contributed by atoms with Crippen LogP contribution in [-0.2, 0) is 4.79 Å². The van der Waals surface area contributed by atoms with Gasteiger partial charge in [0.1, 0.15) is 11.6 Å². The third kappa shape index (κ3) is 3.97. The molecule has 138 valence electrons. The third-order valence-corrected chi connectivity index (χ3v) is 5.04. The van der Waals surface area contributed by atoms with Crippen molar-refractivity contribution in [1.29, 1.82) is 0 Å². The molecule has 1 saturated heterocycles. The van der Waals surface area contributed by atoms with Crippen molar-refractivity contribution in [3.05, 3.63) is 89.1 Å². The number of benzene rings is 3. The van der Waals surface area contributed by atoms with Crippen LogP contribution in [-0.4, -0.2) is 16.2 Å². The van der Waals surface area contributed by atoms with Gasteiger partial charge in [-0.15, -0.1) is 0 Å². The normalized spacial score (nSPS) is 16.5. The number of para-hydroxylation sites is 1. The average molecular weight is 390 g/mol. The van der Waals surface area contributed by atoms with Gasteiger partial charge in [-0.25, -0.2) is 9.38 Å². The van der Waals surface area contributed by atoms with Crippen LogP contribution in [0, 0.1) is 5.82 Å². The first-order chi connectivity index (χ1) is 13.6. The standard InChI is InChI=1S/C22H15FN2O2S/c23-19-12-15(14-8-10-18(26)11-9-14)6-7-16(19)13-20-21(27)25-22(28-20)24-17-4-2-1-3-5-17/h1-13,26H,(H,24,25,27). The summed E-state index contributed by atoms with van der Waals surface area (Å²) in [6.07, 6.45) is 1.52. The molecule has 1 fully saturated rings. The lowest BCUT2D eigenvalue weighted by Crippen LogP contribution is -2.19. The Kier molecular flexibility index (Phi) is 4.95. The van der Waals surface area contributed by atoms with Crippen molar-refractivity contribution in [2.75, 3.05) is 0 Å². The number of amides is 1. The monoisotopic (exact) mass is 390 g/mol. The zero-order valence-electron chi connectivity index (χ0n) is 14.6. The molecule has 0 bridgehead atoms. The summed E-state index contributed by atoms with van der Waals surface area (Å²) in [5.74, 6) is -0.579. The molecule has 0 unspecified atom stereocenters. The first kappa shape index (κ1) is 18.0. The maximum Gasteiger partial charge on any atom is 0.264 e. The van der Waals surface area contributed by atoms with Crippen LogP contribution in [0.2, 0.25) is 0 Å². The summed E-state index contributed by atoms with van der Waals surface area (Å²) in [4.78, 5) is 16.9. The summed E-state index contributed by atoms with van der Waals surface area (Å²) in [7, 11) is 0. The Labute approximate surface area is 165 Å². The number of aromatic hydroxyl groups is 1. The number of nitrogens with one attached hydrogen (secondary N) is 1. The third-order valence-electron chi connectivity index (χ3n) is 4.13. The molecule has 3 aromatic carbocycles. The van der Waals surface area contributed by atoms with Crippen molar-refractivity contribution in [3.8, 4) is 16.9 Å². The van der Waals surface area contributed by atoms with Crippen molar-refractivity contribution in [2.24, 2.45) is 4.99 Å². The van der Waals surface area contributed by atoms with Crippen molar-refractivity contribution in [3.63, 3.8) is 0 Å². The van der Waals surface area contributed by atoms with Gasteiger partial charge in [0.05, 0.1) is 10.6 Å². The van der Waals surface area contributed by atoms with Gasteiger partial charge in [0.25, 0.3) is 5.91 Å². The minimum Gasteiger partial charge on any atom is -0.508 e. The molecule has 6 heteroatoms. The van der Waals surface area contributed by atoms with Crippen LogP contribution in [0.3, 0.4) is 0 Å². The van der Waals surface area contributed by atoms with Crippen molar-refractivity contribution in [2.45, 2.75) is 0 Å². The summed E-state index contributed by atoms with van der Waals surface area (Å²) in [5, 5.41) is 12.5. The van der Waals surface area contributed by atoms with Crippen molar-refractivity contribution < 1.29 is 14.3 Å². The fraction of sp³-hybridized carbons (Fsp3) is 0. The Morgan fingerprint density at radius 2 is 1.68 bits per heavy atom. The zero-order chi connectivity index (χ0) is 19.5. The minimum atomic E-state index is -0.431. The highest BCUT2D eigenvalue weighted by Crippen LogP contribution is 2.30. The molecule has 1 heterocycles. The molecule has 0 radical (unpaired) electrons. The van der Waals surface area contributed by atoms with Crippen LogP contribution in [0.4, 0.5) is 10.1 Å². The molecule has 1 aliphatic rings. The zero-order valence-corrected chi connectivity index (χ0v) is 15.4. The predicted molar refractivity (Wildman–Crippen MR) is 111 cm³/mol. The molecule has 0 aliphatic carbocycles. The van der Waals surface area contributed by atoms with Crippen LogP contribution in [0.25, 0.3) is 17.2 Å². The maximum absolute atomic E-state index is 14.6. The van der Waals surface area contributed by atoms with E-state index in [1.54, 1.807) is 36.4 Å². The predicted octanol–water partition coefficient (Wildman–Crippen LogP) is 5.09. The number of carbonyl (C=O) groups excluding carboxylic acids is 1. The number of nitrogens with zero attached hydrogens (tertiary/aromatic N) is 1. The highest BCUT2D eigenvalue weighted by atomic mass is 32.2. The molecule has 1 aliphatic heterocycles. The topological polar surface area (TPSA) is 61.7 Å². The number of amidine groups is 1. The number of thioether (sulfide) groups is 1. The van der Waals surface area contributed by atoms with Crippen LogP contribution in [0.1, 0.15) is 5.56 Å². The van der Waals surface area contributed by atoms with E-state index in [1.807, 2.05) is 30.3 Å². The van der Waals surface area contributed by atoms with E-state index in [2.05, 4.69) is 10.3 Å². The fourth-order valence-corrected chi connectivity index (χ4v) is 3.55. The molecule has 0 atom stereocenters. The Hall–Kier alpha value is -3.38. The summed E-state index contributed by atoms with van der Waals surface area (Å²) in [6, 6.07) is 20.6. The van der Waals surface area contributed by atoms with Crippen molar-refractivity contribution >= 4 is 34.6 Å². The second-order valence-corrected chi connectivity index (χ2v) is 7.13. The van der Waals surface area contributed by atoms with E-state index in [9.17, 15) is 14.3 Å². The van der Waals surface area contributed by atoms with Gasteiger partial charge in [0, 0.05) is 5.56 Å². The molecule has 0 spiro atoms. The van der Waals surface area contributed by atoms with Crippen LogP contribution in [0.5, 0.6) is 5.75 Å². The van der Waals surface area contributed by atoms with Crippen LogP contribution in [0.15, 0.2) is 82.7 Å². The second-order valence-electron chi connectivity index (χ2n) is 6.10. The van der Waals surface area contributed by atoms with Gasteiger partial charge in [-0.05, 0) is 59.3 Å². The number of phenolic OH excluding ortho intramolecular Hbond substituents is 1. The Morgan fingerprint density at radius 3 is 2.39 bits per heavy atom. The van der Waals surface area contributed by atoms with Gasteiger partial charge in [0.15, 0.2) is 5.17 Å². The number of carbonyl (C=O) groups is 1. The highest BCUT2D eigenvalue weighted by molar-refractivity contribution is 8.18. The first-order valence-electron chi connectivity index (χ1n) is 8.52. The van der Waals surface area contributed by atoms with E-state index in [0.29, 0.717) is 21.2 Å². The van der Waals surface area contributed by atoms with E-state index in [4.69, 9.17) is 0 Å². The lowest BCUT2D eigenvalue weighted by molar-refractivity contribution is -0.115. The SMILES string of the molecule is O=C1NC(=Nc2ccccc2)SC1=Cc1ccc(-c2ccc(O)cc2)cc1F. The van der Waals surface area contributed by atoms with Gasteiger partial charge in [-0.2, -0.15) is 0 Å². The maximum atomic E-state index is 14.6. The van der Waals surface area contributed by atoms with Crippen LogP contribution < -0.4 is 5.32 Å². The summed E-state index contributed by atoms with van der Waals surface area (Å²) >= 11 is 1.18. The summed E-state index contributed by atoms with van der Waals surface area (Å²) in [6.45, 7) is 0. The number of phenols is 1. The molecule has 2 N–H and O–H groups in total. The smallest absolute Gasteiger partial charge is 0.264 e. The van der Waals surface area contributed by atoms with Gasteiger partial charge >= 0.3 is 0 Å². The van der Waals surface area contributed by atoms with Crippen LogP contribution >= 0.6 is 11.8 Å². The number of hydrogen-bond acceptors (Lipinski definition) is 4. The Bertz CT molecular complexity index is 1090. The molecule has 4 nitrogen and oxygen atoms in total. The second kappa shape index (κ2) is 7.70. The van der Waals surface area contributed by atoms with E-state index in [0.717, 1.165) is 11.3 Å². The number of hydrogen-bond donors (Lipinski definition) is 2. The molecule has 4 rings (SSSR count). The number of halogens is 1. The number of aliphatic imine (C=N–C) groups is 1. The van der Waals surface area contributed by atoms with E-state index < -0.39 is 5.82 Å². The Morgan fingerprint density at radius 1 is 0.964 bits per heavy atom. The molecular weight excluding hydrogens is 375 g/mol. The van der Waals surface area contributed by atoms with Gasteiger partial charge < -0.3 is 10.4 Å². The quantitative estimate of drug-likeness (QED) is 0.613. The first-order valence-corrected chi connectivity index (χ1v) is 9.34. The van der Waals surface area contributed by atoms with E-state index in [-0.39, 0.29) is 11.7 Å². The molecular formula is C22H15FN2O2S. The molecule has 3 aromatic rings. The molecule has 28 heavy (non-hydrogen) atoms. The van der Waals surface area contributed by atoms with Gasteiger partial charge in [-0.1, -0.05) is 42.5 Å². The van der Waals surface area contributed by atoms with E-state index in [1.165, 1.54) is 23.9 Å². The minimum absolute atomic E-state index is 0.155. The average Bonchev–Trinajstić information content (AvgIpc) is 3.03. The largest absolute Gasteiger partial charge is 0.508 e. The highest BCUT2D eigenvalue weighted by Gasteiger charge is 2.24. The lowest BCUT2D eigenvalue weighted by Gasteiger charge is -2.04. The van der Waals surface area contributed by atoms with Crippen molar-refractivity contribution in [1.82, 2.24) is 5.32 Å². The Balaban J connectivity index is 1.58. The summed E-state index contributed by atoms with van der Waals surface area (Å²) in [5.41, 5.74) is 2.53. The number of rotatable bonds is 3. The van der Waals surface area contributed by atoms with Gasteiger partial charge in [-0.3, -0.25) is 4.79 Å². The molecule has 0 saturated carbocycles. The van der Waals surface area contributed by atoms with E-state index >= 15 is 0 Å². The lowest BCUT2D eigenvalue weighted by atomic mass is 10.0. The fourth-order valence-electron chi connectivity index (χ4n) is 2.72.